The predicted octanol–water partition coefficient (Wildman–Crippen LogP) is 4.00. The van der Waals surface area contributed by atoms with Gasteiger partial charge < -0.3 is 20.5 Å². The van der Waals surface area contributed by atoms with Crippen LogP contribution < -0.4 is 10.6 Å². The lowest BCUT2D eigenvalue weighted by Gasteiger charge is -2.34. The van der Waals surface area contributed by atoms with Gasteiger partial charge in [-0.05, 0) is 43.2 Å². The molecule has 1 aromatic heterocycles. The summed E-state index contributed by atoms with van der Waals surface area (Å²) >= 11 is 0. The number of piperidine rings is 1. The lowest BCUT2D eigenvalue weighted by Crippen LogP contribution is -2.49. The Labute approximate surface area is 186 Å². The zero-order valence-corrected chi connectivity index (χ0v) is 19.8. The molecule has 0 unspecified atom stereocenters. The fourth-order valence-corrected chi connectivity index (χ4v) is 3.99. The number of aromatic nitrogens is 1. The molecular weight excluding hydrogens is 461 g/mol. The third kappa shape index (κ3) is 6.65. The van der Waals surface area contributed by atoms with Crippen LogP contribution in [0.4, 0.5) is 0 Å². The lowest BCUT2D eigenvalue weighted by atomic mass is 10.0. The minimum absolute atomic E-state index is 0. The standard InChI is InChI=1S/C22H35N5.HI/c1-17(2)16-27-13-10-19(11-14-27)26-22(23-3)24-12-6-7-18-15-25-21-9-5-4-8-20(18)21;/h4-5,8-9,15,17,19,25H,6-7,10-14,16H2,1-3H3,(H2,23,24,26);1H. The van der Waals surface area contributed by atoms with Crippen LogP contribution in [-0.4, -0.2) is 55.1 Å². The topological polar surface area (TPSA) is 55.5 Å². The number of aromatic amines is 1. The highest BCUT2D eigenvalue weighted by atomic mass is 127. The zero-order chi connectivity index (χ0) is 19.1. The number of likely N-dealkylation sites (tertiary alicyclic amines) is 1. The lowest BCUT2D eigenvalue weighted by molar-refractivity contribution is 0.187. The van der Waals surface area contributed by atoms with Crippen molar-refractivity contribution in [2.75, 3.05) is 33.2 Å². The fourth-order valence-electron chi connectivity index (χ4n) is 3.99. The Balaban J connectivity index is 0.00000280. The van der Waals surface area contributed by atoms with Crippen LogP contribution in [0.5, 0.6) is 0 Å². The predicted molar refractivity (Wildman–Crippen MR) is 131 cm³/mol. The van der Waals surface area contributed by atoms with E-state index in [1.165, 1.54) is 48.9 Å². The zero-order valence-electron chi connectivity index (χ0n) is 17.5. The van der Waals surface area contributed by atoms with Gasteiger partial charge in [-0.3, -0.25) is 4.99 Å². The van der Waals surface area contributed by atoms with E-state index in [1.54, 1.807) is 0 Å². The van der Waals surface area contributed by atoms with Crippen LogP contribution in [0.1, 0.15) is 38.7 Å². The number of para-hydroxylation sites is 1. The molecule has 6 heteroatoms. The summed E-state index contributed by atoms with van der Waals surface area (Å²) in [7, 11) is 1.86. The Morgan fingerprint density at radius 3 is 2.71 bits per heavy atom. The average molecular weight is 497 g/mol. The highest BCUT2D eigenvalue weighted by Crippen LogP contribution is 2.18. The molecule has 1 fully saturated rings. The Bertz CT molecular complexity index is 731. The smallest absolute Gasteiger partial charge is 0.191 e. The third-order valence-corrected chi connectivity index (χ3v) is 5.37. The highest BCUT2D eigenvalue weighted by molar-refractivity contribution is 14.0. The maximum Gasteiger partial charge on any atom is 0.191 e. The molecule has 0 spiro atoms. The molecule has 0 saturated carbocycles. The average Bonchev–Trinajstić information content (AvgIpc) is 3.08. The molecule has 1 saturated heterocycles. The maximum absolute atomic E-state index is 4.41. The summed E-state index contributed by atoms with van der Waals surface area (Å²) in [5, 5.41) is 8.44. The van der Waals surface area contributed by atoms with Crippen molar-refractivity contribution in [2.24, 2.45) is 10.9 Å². The molecule has 0 amide bonds. The van der Waals surface area contributed by atoms with E-state index in [1.807, 2.05) is 7.05 Å². The van der Waals surface area contributed by atoms with Gasteiger partial charge in [0.2, 0.25) is 0 Å². The molecule has 2 aromatic rings. The number of fused-ring (bicyclic) bond motifs is 1. The SMILES string of the molecule is CN=C(NCCCc1c[nH]c2ccccc12)NC1CCN(CC(C)C)CC1.I. The molecule has 1 aliphatic rings. The first kappa shape index (κ1) is 23.0. The van der Waals surface area contributed by atoms with Gasteiger partial charge in [-0.25, -0.2) is 0 Å². The minimum atomic E-state index is 0. The number of nitrogens with one attached hydrogen (secondary N) is 3. The van der Waals surface area contributed by atoms with E-state index in [9.17, 15) is 0 Å². The van der Waals surface area contributed by atoms with E-state index >= 15 is 0 Å². The summed E-state index contributed by atoms with van der Waals surface area (Å²) < 4.78 is 0. The van der Waals surface area contributed by atoms with Gasteiger partial charge in [-0.2, -0.15) is 0 Å². The number of H-pyrrole nitrogens is 1. The number of hydrogen-bond donors (Lipinski definition) is 3. The maximum atomic E-state index is 4.41. The molecule has 156 valence electrons. The van der Waals surface area contributed by atoms with E-state index in [-0.39, 0.29) is 24.0 Å². The molecule has 28 heavy (non-hydrogen) atoms. The molecule has 0 atom stereocenters. The van der Waals surface area contributed by atoms with Crippen LogP contribution in [0.25, 0.3) is 10.9 Å². The Kier molecular flexibility index (Phi) is 9.58. The number of aliphatic imine (C=N–C) groups is 1. The normalized spacial score (nSPS) is 16.4. The van der Waals surface area contributed by atoms with Crippen molar-refractivity contribution in [1.82, 2.24) is 20.5 Å². The molecule has 3 rings (SSSR count). The van der Waals surface area contributed by atoms with E-state index in [2.05, 4.69) is 69.8 Å². The molecule has 2 heterocycles. The van der Waals surface area contributed by atoms with Crippen molar-refractivity contribution >= 4 is 40.8 Å². The van der Waals surface area contributed by atoms with Crippen LogP contribution in [0.15, 0.2) is 35.5 Å². The number of aryl methyl sites for hydroxylation is 1. The molecule has 1 aliphatic heterocycles. The third-order valence-electron chi connectivity index (χ3n) is 5.37. The Hall–Kier alpha value is -1.28. The quantitative estimate of drug-likeness (QED) is 0.235. The minimum Gasteiger partial charge on any atom is -0.361 e. The Morgan fingerprint density at radius 1 is 1.25 bits per heavy atom. The first-order valence-electron chi connectivity index (χ1n) is 10.4. The van der Waals surface area contributed by atoms with E-state index < -0.39 is 0 Å². The molecule has 0 radical (unpaired) electrons. The number of hydrogen-bond acceptors (Lipinski definition) is 2. The summed E-state index contributed by atoms with van der Waals surface area (Å²) in [6.45, 7) is 9.12. The first-order chi connectivity index (χ1) is 13.2. The Morgan fingerprint density at radius 2 is 2.00 bits per heavy atom. The summed E-state index contributed by atoms with van der Waals surface area (Å²) in [5.41, 5.74) is 2.62. The van der Waals surface area contributed by atoms with Gasteiger partial charge in [0.05, 0.1) is 0 Å². The van der Waals surface area contributed by atoms with Gasteiger partial charge in [0.25, 0.3) is 0 Å². The van der Waals surface area contributed by atoms with Crippen molar-refractivity contribution < 1.29 is 0 Å². The molecule has 3 N–H and O–H groups in total. The molecule has 5 nitrogen and oxygen atoms in total. The second-order valence-electron chi connectivity index (χ2n) is 8.08. The fraction of sp³-hybridized carbons (Fsp3) is 0.591. The number of benzene rings is 1. The number of rotatable bonds is 7. The van der Waals surface area contributed by atoms with Crippen molar-refractivity contribution in [3.8, 4) is 0 Å². The summed E-state index contributed by atoms with van der Waals surface area (Å²) in [6.07, 6.45) is 6.70. The van der Waals surface area contributed by atoms with Gasteiger partial charge >= 0.3 is 0 Å². The summed E-state index contributed by atoms with van der Waals surface area (Å²) in [4.78, 5) is 10.4. The van der Waals surface area contributed by atoms with Crippen molar-refractivity contribution in [3.63, 3.8) is 0 Å². The van der Waals surface area contributed by atoms with Gasteiger partial charge in [-0.15, -0.1) is 24.0 Å². The second-order valence-corrected chi connectivity index (χ2v) is 8.08. The van der Waals surface area contributed by atoms with Crippen LogP contribution in [-0.2, 0) is 6.42 Å². The van der Waals surface area contributed by atoms with Crippen LogP contribution in [0, 0.1) is 5.92 Å². The van der Waals surface area contributed by atoms with Crippen molar-refractivity contribution in [2.45, 2.75) is 45.6 Å². The number of nitrogens with zero attached hydrogens (tertiary/aromatic N) is 2. The van der Waals surface area contributed by atoms with E-state index in [0.29, 0.717) is 6.04 Å². The van der Waals surface area contributed by atoms with Crippen LogP contribution >= 0.6 is 24.0 Å². The van der Waals surface area contributed by atoms with Crippen molar-refractivity contribution in [3.05, 3.63) is 36.0 Å². The monoisotopic (exact) mass is 497 g/mol. The number of halogens is 1. The van der Waals surface area contributed by atoms with E-state index in [0.717, 1.165) is 31.3 Å². The molecule has 0 bridgehead atoms. The second kappa shape index (κ2) is 11.7. The summed E-state index contributed by atoms with van der Waals surface area (Å²) in [6, 6.07) is 9.05. The van der Waals surface area contributed by atoms with Crippen LogP contribution in [0.2, 0.25) is 0 Å². The van der Waals surface area contributed by atoms with Gasteiger partial charge in [0.1, 0.15) is 0 Å². The van der Waals surface area contributed by atoms with Gasteiger partial charge in [-0.1, -0.05) is 32.0 Å². The van der Waals surface area contributed by atoms with Gasteiger partial charge in [0, 0.05) is 56.4 Å². The largest absolute Gasteiger partial charge is 0.361 e. The molecular formula is C22H36IN5. The van der Waals surface area contributed by atoms with Crippen molar-refractivity contribution in [1.29, 1.82) is 0 Å². The summed E-state index contributed by atoms with van der Waals surface area (Å²) in [5.74, 6) is 1.69. The first-order valence-corrected chi connectivity index (χ1v) is 10.4. The molecule has 1 aromatic carbocycles. The highest BCUT2D eigenvalue weighted by Gasteiger charge is 2.20. The van der Waals surface area contributed by atoms with Crippen LogP contribution in [0.3, 0.4) is 0 Å². The van der Waals surface area contributed by atoms with E-state index in [4.69, 9.17) is 0 Å². The molecule has 0 aliphatic carbocycles. The number of guanidine groups is 1. The van der Waals surface area contributed by atoms with Gasteiger partial charge in [0.15, 0.2) is 5.96 Å².